The fourth-order valence-electron chi connectivity index (χ4n) is 2.54. The summed E-state index contributed by atoms with van der Waals surface area (Å²) in [6.07, 6.45) is 4.29. The molecule has 0 spiro atoms. The molecule has 1 aliphatic carbocycles. The summed E-state index contributed by atoms with van der Waals surface area (Å²) in [5.41, 5.74) is 0. The molecule has 0 amide bonds. The van der Waals surface area contributed by atoms with E-state index in [1.807, 2.05) is 0 Å². The number of carboxylic acid groups (broad SMARTS) is 1. The fraction of sp³-hybridized carbons (Fsp3) is 0.889. The topological polar surface area (TPSA) is 40.5 Å². The molecule has 3 heteroatoms. The minimum Gasteiger partial charge on any atom is -0.481 e. The number of likely N-dealkylation sites (tertiary alicyclic amines) is 1. The van der Waals surface area contributed by atoms with Gasteiger partial charge in [-0.2, -0.15) is 0 Å². The molecular weight excluding hydrogens is 154 g/mol. The summed E-state index contributed by atoms with van der Waals surface area (Å²) in [6, 6.07) is 0.717. The minimum atomic E-state index is -0.669. The van der Waals surface area contributed by atoms with Crippen LogP contribution in [-0.4, -0.2) is 35.1 Å². The third-order valence-corrected chi connectivity index (χ3v) is 3.14. The lowest BCUT2D eigenvalue weighted by molar-refractivity contribution is -0.137. The molecule has 1 saturated heterocycles. The van der Waals surface area contributed by atoms with Crippen LogP contribution < -0.4 is 0 Å². The predicted molar refractivity (Wildman–Crippen MR) is 45.0 cm³/mol. The van der Waals surface area contributed by atoms with Gasteiger partial charge >= 0.3 is 5.97 Å². The molecule has 3 nitrogen and oxygen atoms in total. The summed E-state index contributed by atoms with van der Waals surface area (Å²) in [7, 11) is 0. The monoisotopic (exact) mass is 169 g/mol. The predicted octanol–water partition coefficient (Wildman–Crippen LogP) is 0.945. The second kappa shape index (κ2) is 3.05. The third kappa shape index (κ3) is 1.46. The first kappa shape index (κ1) is 8.05. The van der Waals surface area contributed by atoms with Gasteiger partial charge in [0.1, 0.15) is 0 Å². The van der Waals surface area contributed by atoms with Crippen LogP contribution in [0.25, 0.3) is 0 Å². The van der Waals surface area contributed by atoms with E-state index in [9.17, 15) is 4.79 Å². The van der Waals surface area contributed by atoms with Crippen molar-refractivity contribution in [3.8, 4) is 0 Å². The highest BCUT2D eigenvalue weighted by atomic mass is 16.4. The molecule has 2 aliphatic rings. The molecule has 12 heavy (non-hydrogen) atoms. The SMILES string of the molecule is O=C(O)CCN1C[C@@H]2CC[C@@H]1C2. The Bertz CT molecular complexity index is 193. The average molecular weight is 169 g/mol. The zero-order chi connectivity index (χ0) is 8.55. The lowest BCUT2D eigenvalue weighted by Crippen LogP contribution is -2.33. The largest absolute Gasteiger partial charge is 0.481 e. The Morgan fingerprint density at radius 2 is 2.33 bits per heavy atom. The van der Waals surface area contributed by atoms with Crippen LogP contribution in [0.2, 0.25) is 0 Å². The Morgan fingerprint density at radius 1 is 1.50 bits per heavy atom. The van der Waals surface area contributed by atoms with E-state index in [-0.39, 0.29) is 0 Å². The zero-order valence-electron chi connectivity index (χ0n) is 7.20. The highest BCUT2D eigenvalue weighted by Crippen LogP contribution is 2.37. The summed E-state index contributed by atoms with van der Waals surface area (Å²) >= 11 is 0. The van der Waals surface area contributed by atoms with Gasteiger partial charge in [0.2, 0.25) is 0 Å². The molecule has 2 atom stereocenters. The number of carboxylic acids is 1. The highest BCUT2D eigenvalue weighted by Gasteiger charge is 2.37. The van der Waals surface area contributed by atoms with Crippen LogP contribution in [0.15, 0.2) is 0 Å². The van der Waals surface area contributed by atoms with Crippen LogP contribution in [0.1, 0.15) is 25.7 Å². The second-order valence-corrected chi connectivity index (χ2v) is 3.97. The maximum Gasteiger partial charge on any atom is 0.304 e. The van der Waals surface area contributed by atoms with Crippen LogP contribution in [0, 0.1) is 5.92 Å². The highest BCUT2D eigenvalue weighted by molar-refractivity contribution is 5.66. The average Bonchev–Trinajstić information content (AvgIpc) is 2.60. The number of carbonyl (C=O) groups is 1. The first-order valence-corrected chi connectivity index (χ1v) is 4.71. The van der Waals surface area contributed by atoms with Crippen LogP contribution in [0.3, 0.4) is 0 Å². The summed E-state index contributed by atoms with van der Waals surface area (Å²) in [6.45, 7) is 1.91. The van der Waals surface area contributed by atoms with Crippen molar-refractivity contribution in [2.75, 3.05) is 13.1 Å². The third-order valence-electron chi connectivity index (χ3n) is 3.14. The summed E-state index contributed by atoms with van der Waals surface area (Å²) in [5, 5.41) is 8.52. The van der Waals surface area contributed by atoms with E-state index in [0.29, 0.717) is 12.5 Å². The molecule has 0 aromatic heterocycles. The molecule has 0 aromatic rings. The van der Waals surface area contributed by atoms with E-state index < -0.39 is 5.97 Å². The van der Waals surface area contributed by atoms with Crippen LogP contribution in [0.4, 0.5) is 0 Å². The molecule has 1 heterocycles. The van der Waals surface area contributed by atoms with Gasteiger partial charge in [0, 0.05) is 19.1 Å². The van der Waals surface area contributed by atoms with E-state index in [2.05, 4.69) is 4.90 Å². The Labute approximate surface area is 72.4 Å². The van der Waals surface area contributed by atoms with Gasteiger partial charge in [-0.05, 0) is 25.2 Å². The Balaban J connectivity index is 1.79. The van der Waals surface area contributed by atoms with Crippen LogP contribution in [-0.2, 0) is 4.79 Å². The molecule has 0 radical (unpaired) electrons. The van der Waals surface area contributed by atoms with Crippen molar-refractivity contribution in [3.05, 3.63) is 0 Å². The van der Waals surface area contributed by atoms with E-state index in [1.54, 1.807) is 0 Å². The molecule has 1 N–H and O–H groups in total. The van der Waals surface area contributed by atoms with Gasteiger partial charge in [-0.3, -0.25) is 9.69 Å². The zero-order valence-corrected chi connectivity index (χ0v) is 7.20. The molecule has 68 valence electrons. The number of piperidine rings is 1. The van der Waals surface area contributed by atoms with Crippen molar-refractivity contribution in [1.82, 2.24) is 4.90 Å². The Kier molecular flexibility index (Phi) is 2.05. The van der Waals surface area contributed by atoms with Crippen molar-refractivity contribution in [2.24, 2.45) is 5.92 Å². The van der Waals surface area contributed by atoms with E-state index in [1.165, 1.54) is 19.3 Å². The normalized spacial score (nSPS) is 34.3. The van der Waals surface area contributed by atoms with Gasteiger partial charge in [-0.25, -0.2) is 0 Å². The molecular formula is C9H15NO2. The van der Waals surface area contributed by atoms with Crippen LogP contribution in [0.5, 0.6) is 0 Å². The molecule has 2 bridgehead atoms. The van der Waals surface area contributed by atoms with Crippen molar-refractivity contribution in [1.29, 1.82) is 0 Å². The summed E-state index contributed by atoms with van der Waals surface area (Å²) in [4.78, 5) is 12.7. The van der Waals surface area contributed by atoms with Crippen molar-refractivity contribution < 1.29 is 9.90 Å². The number of aliphatic carboxylic acids is 1. The lowest BCUT2D eigenvalue weighted by atomic mass is 10.1. The van der Waals surface area contributed by atoms with Gasteiger partial charge in [0.05, 0.1) is 6.42 Å². The molecule has 0 aromatic carbocycles. The standard InChI is InChI=1S/C9H15NO2/c11-9(12)3-4-10-6-7-1-2-8(10)5-7/h7-8H,1-6H2,(H,11,12)/t7-,8-/m1/s1. The van der Waals surface area contributed by atoms with Gasteiger partial charge < -0.3 is 5.11 Å². The van der Waals surface area contributed by atoms with Crippen molar-refractivity contribution >= 4 is 5.97 Å². The van der Waals surface area contributed by atoms with Gasteiger partial charge in [-0.15, -0.1) is 0 Å². The number of hydrogen-bond donors (Lipinski definition) is 1. The lowest BCUT2D eigenvalue weighted by Gasteiger charge is -2.25. The second-order valence-electron chi connectivity index (χ2n) is 3.97. The maximum atomic E-state index is 10.3. The van der Waals surface area contributed by atoms with Gasteiger partial charge in [0.15, 0.2) is 0 Å². The minimum absolute atomic E-state index is 0.309. The number of fused-ring (bicyclic) bond motifs is 2. The smallest absolute Gasteiger partial charge is 0.304 e. The molecule has 1 saturated carbocycles. The first-order chi connectivity index (χ1) is 5.75. The molecule has 2 rings (SSSR count). The fourth-order valence-corrected chi connectivity index (χ4v) is 2.54. The van der Waals surface area contributed by atoms with Crippen molar-refractivity contribution in [3.63, 3.8) is 0 Å². The van der Waals surface area contributed by atoms with Gasteiger partial charge in [-0.1, -0.05) is 0 Å². The van der Waals surface area contributed by atoms with Crippen LogP contribution >= 0.6 is 0 Å². The van der Waals surface area contributed by atoms with E-state index in [0.717, 1.165) is 19.0 Å². The Hall–Kier alpha value is -0.570. The first-order valence-electron chi connectivity index (χ1n) is 4.71. The Morgan fingerprint density at radius 3 is 2.83 bits per heavy atom. The molecule has 0 unspecified atom stereocenters. The maximum absolute atomic E-state index is 10.3. The van der Waals surface area contributed by atoms with Gasteiger partial charge in [0.25, 0.3) is 0 Å². The summed E-state index contributed by atoms with van der Waals surface area (Å²) < 4.78 is 0. The van der Waals surface area contributed by atoms with E-state index in [4.69, 9.17) is 5.11 Å². The summed E-state index contributed by atoms with van der Waals surface area (Å²) in [5.74, 6) is 0.210. The van der Waals surface area contributed by atoms with E-state index >= 15 is 0 Å². The van der Waals surface area contributed by atoms with Crippen molar-refractivity contribution in [2.45, 2.75) is 31.7 Å². The number of rotatable bonds is 3. The molecule has 1 aliphatic heterocycles. The molecule has 2 fully saturated rings. The number of hydrogen-bond acceptors (Lipinski definition) is 2. The number of nitrogens with zero attached hydrogens (tertiary/aromatic N) is 1. The quantitative estimate of drug-likeness (QED) is 0.683.